The fourth-order valence-corrected chi connectivity index (χ4v) is 3.48. The predicted molar refractivity (Wildman–Crippen MR) is 84.8 cm³/mol. The number of hydrogen-bond acceptors (Lipinski definition) is 1. The van der Waals surface area contributed by atoms with E-state index < -0.39 is 0 Å². The summed E-state index contributed by atoms with van der Waals surface area (Å²) in [6.07, 6.45) is 7.18. The second-order valence-electron chi connectivity index (χ2n) is 4.78. The largest absolute Gasteiger partial charge is 0.507 e. The summed E-state index contributed by atoms with van der Waals surface area (Å²) in [5.41, 5.74) is 2.64. The van der Waals surface area contributed by atoms with E-state index in [1.807, 2.05) is 12.1 Å². The van der Waals surface area contributed by atoms with Gasteiger partial charge in [-0.3, -0.25) is 0 Å². The second-order valence-corrected chi connectivity index (χ2v) is 5.86. The fourth-order valence-electron chi connectivity index (χ4n) is 2.69. The van der Waals surface area contributed by atoms with Crippen molar-refractivity contribution in [1.82, 2.24) is 0 Å². The highest BCUT2D eigenvalue weighted by molar-refractivity contribution is 14.1. The van der Waals surface area contributed by atoms with Gasteiger partial charge in [-0.1, -0.05) is 30.3 Å². The van der Waals surface area contributed by atoms with E-state index in [0.717, 1.165) is 21.8 Å². The summed E-state index contributed by atoms with van der Waals surface area (Å²) < 4.78 is 0.986. The molecule has 1 aliphatic carbocycles. The number of aromatic hydroxyl groups is 1. The summed E-state index contributed by atoms with van der Waals surface area (Å²) in [5, 5.41) is 12.5. The lowest BCUT2D eigenvalue weighted by molar-refractivity contribution is 0.472. The Morgan fingerprint density at radius 2 is 1.94 bits per heavy atom. The maximum absolute atomic E-state index is 10.1. The van der Waals surface area contributed by atoms with Gasteiger partial charge < -0.3 is 5.11 Å². The summed E-state index contributed by atoms with van der Waals surface area (Å²) in [7, 11) is 0. The molecule has 18 heavy (non-hydrogen) atoms. The molecule has 0 saturated carbocycles. The number of allylic oxidation sites excluding steroid dienone is 2. The van der Waals surface area contributed by atoms with Crippen molar-refractivity contribution in [1.29, 1.82) is 0 Å². The average molecular weight is 350 g/mol. The Hall–Kier alpha value is -1.03. The Bertz CT molecular complexity index is 628. The van der Waals surface area contributed by atoms with Crippen LogP contribution in [0.1, 0.15) is 31.2 Å². The highest BCUT2D eigenvalue weighted by Gasteiger charge is 2.15. The van der Waals surface area contributed by atoms with E-state index in [1.165, 1.54) is 29.4 Å². The minimum atomic E-state index is 0.399. The fraction of sp³-hybridized carbons (Fsp3) is 0.250. The molecule has 0 spiro atoms. The van der Waals surface area contributed by atoms with Crippen LogP contribution in [-0.4, -0.2) is 5.11 Å². The van der Waals surface area contributed by atoms with Crippen LogP contribution in [0.4, 0.5) is 0 Å². The van der Waals surface area contributed by atoms with Gasteiger partial charge in [0.25, 0.3) is 0 Å². The Balaban J connectivity index is 2.31. The molecule has 0 aromatic heterocycles. The van der Waals surface area contributed by atoms with E-state index >= 15 is 0 Å². The number of fused-ring (bicyclic) bond motifs is 1. The minimum Gasteiger partial charge on any atom is -0.507 e. The lowest BCUT2D eigenvalue weighted by Gasteiger charge is -2.17. The molecule has 92 valence electrons. The Labute approximate surface area is 121 Å². The van der Waals surface area contributed by atoms with Crippen LogP contribution in [0.15, 0.2) is 36.4 Å². The lowest BCUT2D eigenvalue weighted by Crippen LogP contribution is -1.96. The van der Waals surface area contributed by atoms with Crippen molar-refractivity contribution in [3.05, 3.63) is 45.5 Å². The number of halogens is 1. The van der Waals surface area contributed by atoms with Crippen molar-refractivity contribution < 1.29 is 5.11 Å². The van der Waals surface area contributed by atoms with Gasteiger partial charge in [-0.05, 0) is 70.7 Å². The third kappa shape index (κ3) is 2.03. The zero-order valence-electron chi connectivity index (χ0n) is 10.1. The molecular formula is C16H15IO. The standard InChI is InChI=1S/C16H15IO/c17-16-14(18)10-12-8-4-5-9-13(12)15(16)11-6-2-1-3-7-11/h4-6,8-10,18H,1-3,7H2. The molecule has 0 saturated heterocycles. The zero-order valence-corrected chi connectivity index (χ0v) is 12.3. The zero-order chi connectivity index (χ0) is 12.5. The van der Waals surface area contributed by atoms with Gasteiger partial charge in [0.1, 0.15) is 5.75 Å². The van der Waals surface area contributed by atoms with Gasteiger partial charge >= 0.3 is 0 Å². The van der Waals surface area contributed by atoms with Gasteiger partial charge in [-0.2, -0.15) is 0 Å². The van der Waals surface area contributed by atoms with Gasteiger partial charge in [0.05, 0.1) is 3.57 Å². The van der Waals surface area contributed by atoms with Crippen LogP contribution in [0.25, 0.3) is 16.3 Å². The van der Waals surface area contributed by atoms with Crippen molar-refractivity contribution >= 4 is 38.9 Å². The number of hydrogen-bond donors (Lipinski definition) is 1. The Morgan fingerprint density at radius 3 is 2.72 bits per heavy atom. The summed E-state index contributed by atoms with van der Waals surface area (Å²) in [6.45, 7) is 0. The van der Waals surface area contributed by atoms with Gasteiger partial charge in [0.15, 0.2) is 0 Å². The average Bonchev–Trinajstić information content (AvgIpc) is 2.41. The Kier molecular flexibility index (Phi) is 3.29. The molecule has 0 heterocycles. The van der Waals surface area contributed by atoms with E-state index in [-0.39, 0.29) is 0 Å². The number of benzene rings is 2. The van der Waals surface area contributed by atoms with E-state index in [1.54, 1.807) is 0 Å². The van der Waals surface area contributed by atoms with Crippen LogP contribution in [0.5, 0.6) is 5.75 Å². The van der Waals surface area contributed by atoms with Crippen LogP contribution in [0, 0.1) is 3.57 Å². The number of phenolic OH excluding ortho intramolecular Hbond substituents is 1. The first-order valence-electron chi connectivity index (χ1n) is 6.37. The molecule has 1 aliphatic rings. The topological polar surface area (TPSA) is 20.2 Å². The van der Waals surface area contributed by atoms with Crippen LogP contribution in [0.3, 0.4) is 0 Å². The van der Waals surface area contributed by atoms with Crippen LogP contribution in [0.2, 0.25) is 0 Å². The molecule has 0 radical (unpaired) electrons. The van der Waals surface area contributed by atoms with Gasteiger partial charge in [-0.15, -0.1) is 0 Å². The van der Waals surface area contributed by atoms with Gasteiger partial charge in [0, 0.05) is 5.56 Å². The molecule has 2 aromatic carbocycles. The van der Waals surface area contributed by atoms with Crippen LogP contribution in [-0.2, 0) is 0 Å². The molecule has 0 bridgehead atoms. The number of phenols is 1. The molecular weight excluding hydrogens is 335 g/mol. The maximum Gasteiger partial charge on any atom is 0.130 e. The predicted octanol–water partition coefficient (Wildman–Crippen LogP) is 5.11. The summed E-state index contributed by atoms with van der Waals surface area (Å²) in [5.74, 6) is 0.399. The SMILES string of the molecule is Oc1cc2ccccc2c(C2=CCCCC2)c1I. The quantitative estimate of drug-likeness (QED) is 0.709. The van der Waals surface area contributed by atoms with Crippen molar-refractivity contribution in [2.75, 3.05) is 0 Å². The van der Waals surface area contributed by atoms with E-state index in [2.05, 4.69) is 46.9 Å². The van der Waals surface area contributed by atoms with Crippen molar-refractivity contribution in [3.8, 4) is 5.75 Å². The summed E-state index contributed by atoms with van der Waals surface area (Å²) >= 11 is 2.26. The maximum atomic E-state index is 10.1. The van der Waals surface area contributed by atoms with Crippen molar-refractivity contribution in [2.24, 2.45) is 0 Å². The van der Waals surface area contributed by atoms with E-state index in [0.29, 0.717) is 5.75 Å². The molecule has 1 nitrogen and oxygen atoms in total. The first kappa shape index (κ1) is 12.0. The third-order valence-corrected chi connectivity index (χ3v) is 4.67. The first-order valence-corrected chi connectivity index (χ1v) is 7.45. The molecule has 1 N–H and O–H groups in total. The molecule has 2 aromatic rings. The van der Waals surface area contributed by atoms with Gasteiger partial charge in [-0.25, -0.2) is 0 Å². The molecule has 2 heteroatoms. The Morgan fingerprint density at radius 1 is 1.11 bits per heavy atom. The van der Waals surface area contributed by atoms with Crippen LogP contribution < -0.4 is 0 Å². The smallest absolute Gasteiger partial charge is 0.130 e. The molecule has 0 fully saturated rings. The van der Waals surface area contributed by atoms with E-state index in [4.69, 9.17) is 0 Å². The first-order chi connectivity index (χ1) is 8.77. The van der Waals surface area contributed by atoms with Gasteiger partial charge in [0.2, 0.25) is 0 Å². The summed E-state index contributed by atoms with van der Waals surface area (Å²) in [6, 6.07) is 10.2. The molecule has 3 rings (SSSR count). The highest BCUT2D eigenvalue weighted by Crippen LogP contribution is 2.39. The summed E-state index contributed by atoms with van der Waals surface area (Å²) in [4.78, 5) is 0. The monoisotopic (exact) mass is 350 g/mol. The molecule has 0 amide bonds. The molecule has 0 atom stereocenters. The molecule has 0 aliphatic heterocycles. The normalized spacial score (nSPS) is 15.7. The van der Waals surface area contributed by atoms with Crippen LogP contribution >= 0.6 is 22.6 Å². The highest BCUT2D eigenvalue weighted by atomic mass is 127. The number of rotatable bonds is 1. The minimum absolute atomic E-state index is 0.399. The molecule has 0 unspecified atom stereocenters. The van der Waals surface area contributed by atoms with Crippen molar-refractivity contribution in [3.63, 3.8) is 0 Å². The second kappa shape index (κ2) is 4.92. The lowest BCUT2D eigenvalue weighted by atomic mass is 9.90. The van der Waals surface area contributed by atoms with Crippen molar-refractivity contribution in [2.45, 2.75) is 25.7 Å². The third-order valence-electron chi connectivity index (χ3n) is 3.58. The van der Waals surface area contributed by atoms with E-state index in [9.17, 15) is 5.11 Å².